The van der Waals surface area contributed by atoms with Crippen LogP contribution in [0.3, 0.4) is 0 Å². The van der Waals surface area contributed by atoms with Crippen molar-refractivity contribution < 1.29 is 4.79 Å². The van der Waals surface area contributed by atoms with E-state index in [1.807, 2.05) is 53.9 Å². The molecule has 3 rings (SSSR count). The highest BCUT2D eigenvalue weighted by Gasteiger charge is 2.08. The van der Waals surface area contributed by atoms with Gasteiger partial charge in [0.1, 0.15) is 0 Å². The van der Waals surface area contributed by atoms with Gasteiger partial charge in [0.05, 0.1) is 11.4 Å². The zero-order chi connectivity index (χ0) is 16.9. The summed E-state index contributed by atoms with van der Waals surface area (Å²) in [7, 11) is 0. The second-order valence-electron chi connectivity index (χ2n) is 4.85. The number of thiazole rings is 1. The molecule has 7 heteroatoms. The number of aromatic nitrogens is 1. The summed E-state index contributed by atoms with van der Waals surface area (Å²) < 4.78 is 1.80. The van der Waals surface area contributed by atoms with Crippen molar-refractivity contribution in [1.29, 1.82) is 0 Å². The quantitative estimate of drug-likeness (QED) is 0.499. The first-order chi connectivity index (χ1) is 11.6. The number of anilines is 1. The molecule has 122 valence electrons. The second-order valence-corrected chi connectivity index (χ2v) is 8.29. The van der Waals surface area contributed by atoms with Crippen molar-refractivity contribution in [1.82, 2.24) is 4.98 Å². The maximum Gasteiger partial charge on any atom is 0.234 e. The highest BCUT2D eigenvalue weighted by molar-refractivity contribution is 9.10. The van der Waals surface area contributed by atoms with E-state index < -0.39 is 0 Å². The van der Waals surface area contributed by atoms with Crippen LogP contribution in [0.2, 0.25) is 5.02 Å². The topological polar surface area (TPSA) is 42.0 Å². The van der Waals surface area contributed by atoms with E-state index in [2.05, 4.69) is 26.2 Å². The molecule has 0 aliphatic rings. The number of rotatable bonds is 5. The van der Waals surface area contributed by atoms with E-state index in [4.69, 9.17) is 11.6 Å². The number of nitrogens with one attached hydrogen (secondary N) is 1. The number of carbonyl (C=O) groups excluding carboxylic acids is 1. The van der Waals surface area contributed by atoms with E-state index in [9.17, 15) is 4.79 Å². The third-order valence-electron chi connectivity index (χ3n) is 3.06. The summed E-state index contributed by atoms with van der Waals surface area (Å²) in [4.78, 5) is 16.6. The number of hydrogen-bond donors (Lipinski definition) is 1. The SMILES string of the molecule is O=C(CSc1nc(-c2ccc(Cl)cc2)cs1)Nc1cccc(Br)c1. The average Bonchev–Trinajstić information content (AvgIpc) is 3.03. The number of hydrogen-bond acceptors (Lipinski definition) is 4. The summed E-state index contributed by atoms with van der Waals surface area (Å²) in [5, 5.41) is 5.56. The first-order valence-electron chi connectivity index (χ1n) is 7.00. The molecule has 1 amide bonds. The number of carbonyl (C=O) groups is 1. The Bertz CT molecular complexity index is 852. The predicted octanol–water partition coefficient (Wildman–Crippen LogP) is 5.96. The van der Waals surface area contributed by atoms with Crippen LogP contribution in [-0.4, -0.2) is 16.6 Å². The molecule has 0 saturated carbocycles. The van der Waals surface area contributed by atoms with Gasteiger partial charge in [-0.05, 0) is 30.3 Å². The van der Waals surface area contributed by atoms with Crippen LogP contribution in [0.5, 0.6) is 0 Å². The molecule has 0 bridgehead atoms. The monoisotopic (exact) mass is 438 g/mol. The van der Waals surface area contributed by atoms with Gasteiger partial charge in [-0.3, -0.25) is 4.79 Å². The smallest absolute Gasteiger partial charge is 0.234 e. The molecule has 3 aromatic rings. The third kappa shape index (κ3) is 4.83. The minimum absolute atomic E-state index is 0.0543. The molecule has 1 aromatic heterocycles. The Morgan fingerprint density at radius 1 is 1.25 bits per heavy atom. The van der Waals surface area contributed by atoms with Crippen LogP contribution >= 0.6 is 50.6 Å². The second kappa shape index (κ2) is 8.16. The lowest BCUT2D eigenvalue weighted by Gasteiger charge is -2.04. The molecule has 0 saturated heterocycles. The van der Waals surface area contributed by atoms with Gasteiger partial charge < -0.3 is 5.32 Å². The molecule has 2 aromatic carbocycles. The lowest BCUT2D eigenvalue weighted by atomic mass is 10.2. The average molecular weight is 440 g/mol. The van der Waals surface area contributed by atoms with Crippen LogP contribution in [-0.2, 0) is 4.79 Å². The van der Waals surface area contributed by atoms with Crippen molar-refractivity contribution in [2.75, 3.05) is 11.1 Å². The van der Waals surface area contributed by atoms with Crippen LogP contribution < -0.4 is 5.32 Å². The van der Waals surface area contributed by atoms with Crippen LogP contribution in [0.25, 0.3) is 11.3 Å². The van der Waals surface area contributed by atoms with E-state index >= 15 is 0 Å². The molecule has 0 aliphatic heterocycles. The van der Waals surface area contributed by atoms with Gasteiger partial charge in [-0.25, -0.2) is 4.98 Å². The van der Waals surface area contributed by atoms with Crippen LogP contribution in [0.15, 0.2) is 62.7 Å². The van der Waals surface area contributed by atoms with E-state index in [-0.39, 0.29) is 5.91 Å². The third-order valence-corrected chi connectivity index (χ3v) is 5.82. The highest BCUT2D eigenvalue weighted by Crippen LogP contribution is 2.29. The van der Waals surface area contributed by atoms with Crippen molar-refractivity contribution in [2.24, 2.45) is 0 Å². The molecule has 0 unspecified atom stereocenters. The first kappa shape index (κ1) is 17.5. The minimum Gasteiger partial charge on any atom is -0.325 e. The fourth-order valence-corrected chi connectivity index (χ4v) is 4.13. The molecular formula is C17H12BrClN2OS2. The fraction of sp³-hybridized carbons (Fsp3) is 0.0588. The Hall–Kier alpha value is -1.34. The van der Waals surface area contributed by atoms with Gasteiger partial charge in [0.25, 0.3) is 0 Å². The van der Waals surface area contributed by atoms with Gasteiger partial charge in [-0.1, -0.05) is 57.5 Å². The van der Waals surface area contributed by atoms with E-state index in [0.29, 0.717) is 10.8 Å². The van der Waals surface area contributed by atoms with Crippen molar-refractivity contribution in [3.05, 3.63) is 63.4 Å². The normalized spacial score (nSPS) is 10.6. The lowest BCUT2D eigenvalue weighted by molar-refractivity contribution is -0.113. The number of benzene rings is 2. The number of amides is 1. The molecule has 0 spiro atoms. The van der Waals surface area contributed by atoms with Crippen LogP contribution in [0.4, 0.5) is 5.69 Å². The van der Waals surface area contributed by atoms with Crippen LogP contribution in [0, 0.1) is 0 Å². The molecule has 24 heavy (non-hydrogen) atoms. The van der Waals surface area contributed by atoms with E-state index in [1.54, 1.807) is 0 Å². The number of halogens is 2. The Morgan fingerprint density at radius 2 is 2.04 bits per heavy atom. The summed E-state index contributed by atoms with van der Waals surface area (Å²) in [6, 6.07) is 15.1. The van der Waals surface area contributed by atoms with Crippen molar-refractivity contribution >= 4 is 62.2 Å². The minimum atomic E-state index is -0.0543. The standard InChI is InChI=1S/C17H12BrClN2OS2/c18-12-2-1-3-14(8-12)20-16(22)10-24-17-21-15(9-23-17)11-4-6-13(19)7-5-11/h1-9H,10H2,(H,20,22). The lowest BCUT2D eigenvalue weighted by Crippen LogP contribution is -2.13. The zero-order valence-electron chi connectivity index (χ0n) is 12.3. The van der Waals surface area contributed by atoms with E-state index in [1.165, 1.54) is 23.1 Å². The molecule has 0 aliphatic carbocycles. The first-order valence-corrected chi connectivity index (χ1v) is 10.0. The molecule has 0 atom stereocenters. The van der Waals surface area contributed by atoms with Gasteiger partial charge in [0.15, 0.2) is 4.34 Å². The summed E-state index contributed by atoms with van der Waals surface area (Å²) >= 11 is 12.2. The fourth-order valence-electron chi connectivity index (χ4n) is 1.97. The maximum atomic E-state index is 12.0. The summed E-state index contributed by atoms with van der Waals surface area (Å²) in [5.41, 5.74) is 2.68. The molecule has 1 heterocycles. The number of nitrogens with zero attached hydrogens (tertiary/aromatic N) is 1. The molecule has 0 fully saturated rings. The highest BCUT2D eigenvalue weighted by atomic mass is 79.9. The predicted molar refractivity (Wildman–Crippen MR) is 106 cm³/mol. The number of thioether (sulfide) groups is 1. The van der Waals surface area contributed by atoms with Gasteiger partial charge in [0, 0.05) is 26.1 Å². The van der Waals surface area contributed by atoms with Gasteiger partial charge >= 0.3 is 0 Å². The van der Waals surface area contributed by atoms with Crippen molar-refractivity contribution in [2.45, 2.75) is 4.34 Å². The molecule has 3 nitrogen and oxygen atoms in total. The van der Waals surface area contributed by atoms with Crippen molar-refractivity contribution in [3.8, 4) is 11.3 Å². The van der Waals surface area contributed by atoms with Gasteiger partial charge in [0.2, 0.25) is 5.91 Å². The maximum absolute atomic E-state index is 12.0. The molecular weight excluding hydrogens is 428 g/mol. The summed E-state index contributed by atoms with van der Waals surface area (Å²) in [5.74, 6) is 0.265. The Kier molecular flexibility index (Phi) is 5.94. The largest absolute Gasteiger partial charge is 0.325 e. The Labute approximate surface area is 161 Å². The van der Waals surface area contributed by atoms with Gasteiger partial charge in [-0.2, -0.15) is 0 Å². The summed E-state index contributed by atoms with van der Waals surface area (Å²) in [6.07, 6.45) is 0. The zero-order valence-corrected chi connectivity index (χ0v) is 16.3. The van der Waals surface area contributed by atoms with Gasteiger partial charge in [-0.15, -0.1) is 11.3 Å². The molecule has 1 N–H and O–H groups in total. The Morgan fingerprint density at radius 3 is 2.79 bits per heavy atom. The van der Waals surface area contributed by atoms with Crippen molar-refractivity contribution in [3.63, 3.8) is 0 Å². The summed E-state index contributed by atoms with van der Waals surface area (Å²) in [6.45, 7) is 0. The Balaban J connectivity index is 1.57. The molecule has 0 radical (unpaired) electrons. The van der Waals surface area contributed by atoms with E-state index in [0.717, 1.165) is 25.8 Å². The van der Waals surface area contributed by atoms with Crippen LogP contribution in [0.1, 0.15) is 0 Å².